The molecule has 0 spiro atoms. The van der Waals surface area contributed by atoms with Crippen LogP contribution in [0.4, 0.5) is 11.4 Å². The lowest BCUT2D eigenvalue weighted by molar-refractivity contribution is -0.128. The second-order valence-corrected chi connectivity index (χ2v) is 8.30. The summed E-state index contributed by atoms with van der Waals surface area (Å²) in [5.41, 5.74) is 1.38. The third-order valence-corrected chi connectivity index (χ3v) is 5.48. The number of amides is 2. The Morgan fingerprint density at radius 2 is 1.86 bits per heavy atom. The number of nitrogens with one attached hydrogen (secondary N) is 1. The molecule has 6 nitrogen and oxygen atoms in total. The molecule has 7 heteroatoms. The summed E-state index contributed by atoms with van der Waals surface area (Å²) in [5.74, 6) is 0.570. The highest BCUT2D eigenvalue weighted by Gasteiger charge is 2.39. The number of hydrogen-bond donors (Lipinski definition) is 1. The number of carbonyl (C=O) groups is 2. The van der Waals surface area contributed by atoms with Gasteiger partial charge in [0.15, 0.2) is 5.17 Å². The fourth-order valence-corrected chi connectivity index (χ4v) is 4.16. The van der Waals surface area contributed by atoms with E-state index < -0.39 is 5.25 Å². The summed E-state index contributed by atoms with van der Waals surface area (Å²) < 4.78 is 5.27. The predicted molar refractivity (Wildman–Crippen MR) is 118 cm³/mol. The summed E-state index contributed by atoms with van der Waals surface area (Å²) in [6, 6.07) is 16.7. The second-order valence-electron chi connectivity index (χ2n) is 7.13. The number of carbonyl (C=O) groups excluding carboxylic acids is 2. The van der Waals surface area contributed by atoms with E-state index in [-0.39, 0.29) is 18.2 Å². The summed E-state index contributed by atoms with van der Waals surface area (Å²) in [5, 5.41) is 2.99. The monoisotopic (exact) mass is 411 g/mol. The van der Waals surface area contributed by atoms with Crippen molar-refractivity contribution in [1.29, 1.82) is 0 Å². The summed E-state index contributed by atoms with van der Waals surface area (Å²) in [4.78, 5) is 31.9. The first kappa shape index (κ1) is 20.9. The minimum atomic E-state index is -0.495. The molecule has 1 aliphatic heterocycles. The van der Waals surface area contributed by atoms with E-state index in [4.69, 9.17) is 4.74 Å². The largest absolute Gasteiger partial charge is 0.495 e. The molecule has 3 rings (SSSR count). The Balaban J connectivity index is 1.74. The second kappa shape index (κ2) is 9.60. The molecule has 0 unspecified atom stereocenters. The topological polar surface area (TPSA) is 71.0 Å². The van der Waals surface area contributed by atoms with Crippen molar-refractivity contribution >= 4 is 40.1 Å². The van der Waals surface area contributed by atoms with Crippen molar-refractivity contribution in [2.24, 2.45) is 10.9 Å². The number of nitrogens with zero attached hydrogens (tertiary/aromatic N) is 2. The van der Waals surface area contributed by atoms with Gasteiger partial charge in [0.2, 0.25) is 11.8 Å². The molecule has 29 heavy (non-hydrogen) atoms. The maximum atomic E-state index is 13.0. The van der Waals surface area contributed by atoms with Crippen molar-refractivity contribution in [3.63, 3.8) is 0 Å². The SMILES string of the molecule is COc1ccccc1NC(=O)C[C@H]1SC(=Nc2ccccc2)N(CC(C)C)C1=O. The van der Waals surface area contributed by atoms with Gasteiger partial charge >= 0.3 is 0 Å². The van der Waals surface area contributed by atoms with Gasteiger partial charge in [-0.05, 0) is 30.2 Å². The quantitative estimate of drug-likeness (QED) is 0.737. The summed E-state index contributed by atoms with van der Waals surface area (Å²) in [6.07, 6.45) is 0.0734. The van der Waals surface area contributed by atoms with Gasteiger partial charge in [-0.3, -0.25) is 14.5 Å². The van der Waals surface area contributed by atoms with Gasteiger partial charge < -0.3 is 10.1 Å². The van der Waals surface area contributed by atoms with Crippen LogP contribution in [0.5, 0.6) is 5.75 Å². The molecule has 0 saturated carbocycles. The lowest BCUT2D eigenvalue weighted by Crippen LogP contribution is -2.36. The zero-order chi connectivity index (χ0) is 20.8. The van der Waals surface area contributed by atoms with Crippen molar-refractivity contribution in [1.82, 2.24) is 4.90 Å². The Morgan fingerprint density at radius 1 is 1.17 bits per heavy atom. The van der Waals surface area contributed by atoms with E-state index in [0.29, 0.717) is 29.1 Å². The van der Waals surface area contributed by atoms with Gasteiger partial charge in [0, 0.05) is 13.0 Å². The van der Waals surface area contributed by atoms with Gasteiger partial charge in [0.05, 0.1) is 18.5 Å². The van der Waals surface area contributed by atoms with Gasteiger partial charge in [-0.25, -0.2) is 4.99 Å². The van der Waals surface area contributed by atoms with Crippen LogP contribution in [0.15, 0.2) is 59.6 Å². The lowest BCUT2D eigenvalue weighted by atomic mass is 10.2. The first-order valence-corrected chi connectivity index (χ1v) is 10.4. The maximum absolute atomic E-state index is 13.0. The average Bonchev–Trinajstić information content (AvgIpc) is 2.97. The molecule has 1 atom stereocenters. The van der Waals surface area contributed by atoms with E-state index in [0.717, 1.165) is 5.69 Å². The molecule has 152 valence electrons. The Bertz CT molecular complexity index is 899. The summed E-state index contributed by atoms with van der Waals surface area (Å²) >= 11 is 1.35. The standard InChI is InChI=1S/C22H25N3O3S/c1-15(2)14-25-21(27)19(29-22(25)23-16-9-5-4-6-10-16)13-20(26)24-17-11-7-8-12-18(17)28-3/h4-12,15,19H,13-14H2,1-3H3,(H,24,26)/t19-/m1/s1. The molecule has 1 aliphatic rings. The normalized spacial score (nSPS) is 17.8. The van der Waals surface area contributed by atoms with Crippen LogP contribution in [-0.4, -0.2) is 40.8 Å². The van der Waals surface area contributed by atoms with Crippen LogP contribution in [0.1, 0.15) is 20.3 Å². The van der Waals surface area contributed by atoms with Crippen molar-refractivity contribution in [3.05, 3.63) is 54.6 Å². The van der Waals surface area contributed by atoms with E-state index in [1.54, 1.807) is 24.1 Å². The smallest absolute Gasteiger partial charge is 0.242 e. The highest BCUT2D eigenvalue weighted by Crippen LogP contribution is 2.33. The van der Waals surface area contributed by atoms with Gasteiger partial charge in [-0.1, -0.05) is 55.9 Å². The first-order chi connectivity index (χ1) is 14.0. The predicted octanol–water partition coefficient (Wildman–Crippen LogP) is 4.31. The molecule has 1 fully saturated rings. The number of thioether (sulfide) groups is 1. The number of anilines is 1. The van der Waals surface area contributed by atoms with Crippen molar-refractivity contribution < 1.29 is 14.3 Å². The van der Waals surface area contributed by atoms with E-state index in [1.807, 2.05) is 42.5 Å². The zero-order valence-electron chi connectivity index (χ0n) is 16.8. The highest BCUT2D eigenvalue weighted by molar-refractivity contribution is 8.15. The number of aliphatic imine (C=N–C) groups is 1. The van der Waals surface area contributed by atoms with Crippen molar-refractivity contribution in [3.8, 4) is 5.75 Å². The van der Waals surface area contributed by atoms with Gasteiger partial charge in [-0.2, -0.15) is 0 Å². The van der Waals surface area contributed by atoms with Crippen LogP contribution in [-0.2, 0) is 9.59 Å². The molecule has 0 aliphatic carbocycles. The zero-order valence-corrected chi connectivity index (χ0v) is 17.6. The van der Waals surface area contributed by atoms with Gasteiger partial charge in [0.25, 0.3) is 0 Å². The molecule has 0 radical (unpaired) electrons. The molecule has 2 amide bonds. The fourth-order valence-electron chi connectivity index (χ4n) is 2.99. The molecule has 2 aromatic carbocycles. The van der Waals surface area contributed by atoms with Crippen LogP contribution >= 0.6 is 11.8 Å². The maximum Gasteiger partial charge on any atom is 0.242 e. The van der Waals surface area contributed by atoms with Crippen LogP contribution in [0, 0.1) is 5.92 Å². The average molecular weight is 412 g/mol. The molecule has 1 N–H and O–H groups in total. The summed E-state index contributed by atoms with van der Waals surface area (Å²) in [6.45, 7) is 4.68. The first-order valence-electron chi connectivity index (χ1n) is 9.52. The van der Waals surface area contributed by atoms with Crippen molar-refractivity contribution in [2.45, 2.75) is 25.5 Å². The molecule has 2 aromatic rings. The number of methoxy groups -OCH3 is 1. The molecule has 0 aromatic heterocycles. The molecular weight excluding hydrogens is 386 g/mol. The Hall–Kier alpha value is -2.80. The lowest BCUT2D eigenvalue weighted by Gasteiger charge is -2.18. The molecular formula is C22H25N3O3S. The molecule has 1 saturated heterocycles. The fraction of sp³-hybridized carbons (Fsp3) is 0.318. The third kappa shape index (κ3) is 5.38. The van der Waals surface area contributed by atoms with Crippen LogP contribution in [0.3, 0.4) is 0 Å². The minimum absolute atomic E-state index is 0.0734. The van der Waals surface area contributed by atoms with E-state index in [2.05, 4.69) is 24.2 Å². The Labute approximate surface area is 175 Å². The number of amidine groups is 1. The Kier molecular flexibility index (Phi) is 6.93. The van der Waals surface area contributed by atoms with Crippen molar-refractivity contribution in [2.75, 3.05) is 19.0 Å². The van der Waals surface area contributed by atoms with Gasteiger partial charge in [0.1, 0.15) is 11.0 Å². The highest BCUT2D eigenvalue weighted by atomic mass is 32.2. The van der Waals surface area contributed by atoms with E-state index in [9.17, 15) is 9.59 Å². The van der Waals surface area contributed by atoms with E-state index in [1.165, 1.54) is 11.8 Å². The third-order valence-electron chi connectivity index (χ3n) is 4.30. The van der Waals surface area contributed by atoms with Crippen LogP contribution in [0.25, 0.3) is 0 Å². The Morgan fingerprint density at radius 3 is 2.55 bits per heavy atom. The van der Waals surface area contributed by atoms with Crippen LogP contribution < -0.4 is 10.1 Å². The van der Waals surface area contributed by atoms with Gasteiger partial charge in [-0.15, -0.1) is 0 Å². The van der Waals surface area contributed by atoms with E-state index >= 15 is 0 Å². The minimum Gasteiger partial charge on any atom is -0.495 e. The number of para-hydroxylation sites is 3. The summed E-state index contributed by atoms with van der Waals surface area (Å²) in [7, 11) is 1.55. The number of rotatable bonds is 7. The molecule has 0 bridgehead atoms. The molecule has 1 heterocycles. The van der Waals surface area contributed by atoms with Crippen LogP contribution in [0.2, 0.25) is 0 Å². The number of ether oxygens (including phenoxy) is 1. The number of benzene rings is 2. The number of hydrogen-bond acceptors (Lipinski definition) is 5.